The Labute approximate surface area is 108 Å². The molecule has 0 aromatic carbocycles. The minimum Gasteiger partial charge on any atom is -0.350 e. The van der Waals surface area contributed by atoms with Gasteiger partial charge in [0.15, 0.2) is 0 Å². The van der Waals surface area contributed by atoms with E-state index >= 15 is 0 Å². The van der Waals surface area contributed by atoms with Gasteiger partial charge in [0.05, 0.1) is 15.9 Å². The van der Waals surface area contributed by atoms with E-state index in [0.717, 1.165) is 8.66 Å². The first kappa shape index (κ1) is 14.9. The lowest BCUT2D eigenvalue weighted by Gasteiger charge is -2.17. The Bertz CT molecular complexity index is 335. The number of nitrogens with one attached hydrogen (secondary N) is 1. The number of rotatable bonds is 3. The maximum atomic E-state index is 11.4. The molecule has 1 amide bonds. The van der Waals surface area contributed by atoms with Crippen LogP contribution in [0, 0.1) is 0 Å². The minimum atomic E-state index is -0.811. The van der Waals surface area contributed by atoms with Gasteiger partial charge in [-0.3, -0.25) is 4.79 Å². The van der Waals surface area contributed by atoms with Crippen LogP contribution in [0.2, 0.25) is 0 Å². The van der Waals surface area contributed by atoms with Crippen molar-refractivity contribution in [2.24, 2.45) is 5.73 Å². The van der Waals surface area contributed by atoms with E-state index in [1.807, 2.05) is 12.1 Å². The van der Waals surface area contributed by atoms with Crippen LogP contribution in [-0.4, -0.2) is 11.4 Å². The van der Waals surface area contributed by atoms with E-state index in [4.69, 9.17) is 5.73 Å². The molecule has 0 bridgehead atoms. The molecule has 0 aliphatic rings. The summed E-state index contributed by atoms with van der Waals surface area (Å²) in [6, 6.07) is 3.93. The van der Waals surface area contributed by atoms with Crippen molar-refractivity contribution in [2.45, 2.75) is 25.9 Å². The molecular formula is C9H14BrClN2OS. The second kappa shape index (κ2) is 5.84. The Kier molecular flexibility index (Phi) is 5.80. The minimum absolute atomic E-state index is 0. The van der Waals surface area contributed by atoms with Crippen LogP contribution in [0.5, 0.6) is 0 Å². The van der Waals surface area contributed by atoms with Crippen LogP contribution >= 0.6 is 39.7 Å². The summed E-state index contributed by atoms with van der Waals surface area (Å²) in [4.78, 5) is 12.5. The molecule has 0 saturated heterocycles. The van der Waals surface area contributed by atoms with Gasteiger partial charge in [-0.2, -0.15) is 0 Å². The van der Waals surface area contributed by atoms with E-state index < -0.39 is 5.54 Å². The second-order valence-electron chi connectivity index (χ2n) is 3.61. The number of hydrogen-bond acceptors (Lipinski definition) is 3. The Morgan fingerprint density at radius 3 is 2.60 bits per heavy atom. The normalized spacial score (nSPS) is 10.7. The molecule has 0 aliphatic carbocycles. The van der Waals surface area contributed by atoms with Crippen LogP contribution in [0.25, 0.3) is 0 Å². The molecule has 86 valence electrons. The zero-order valence-electron chi connectivity index (χ0n) is 8.54. The second-order valence-corrected chi connectivity index (χ2v) is 6.16. The van der Waals surface area contributed by atoms with E-state index in [9.17, 15) is 4.79 Å². The lowest BCUT2D eigenvalue weighted by molar-refractivity contribution is -0.125. The largest absolute Gasteiger partial charge is 0.350 e. The predicted molar refractivity (Wildman–Crippen MR) is 69.4 cm³/mol. The number of carbonyl (C=O) groups excluding carboxylic acids is 1. The Hall–Kier alpha value is -0.100. The average molecular weight is 314 g/mol. The van der Waals surface area contributed by atoms with Crippen molar-refractivity contribution < 1.29 is 4.79 Å². The van der Waals surface area contributed by atoms with Gasteiger partial charge in [-0.1, -0.05) is 0 Å². The summed E-state index contributed by atoms with van der Waals surface area (Å²) in [7, 11) is 0. The van der Waals surface area contributed by atoms with Gasteiger partial charge in [-0.05, 0) is 41.9 Å². The standard InChI is InChI=1S/C9H13BrN2OS.ClH/c1-9(2,11)8(13)12-5-6-3-4-7(10)14-6;/h3-4H,5,11H2,1-2H3,(H,12,13);1H. The van der Waals surface area contributed by atoms with Crippen molar-refractivity contribution in [1.29, 1.82) is 0 Å². The molecule has 0 radical (unpaired) electrons. The van der Waals surface area contributed by atoms with Crippen LogP contribution in [0.1, 0.15) is 18.7 Å². The monoisotopic (exact) mass is 312 g/mol. The predicted octanol–water partition coefficient (Wildman–Crippen LogP) is 2.29. The van der Waals surface area contributed by atoms with Crippen molar-refractivity contribution in [3.8, 4) is 0 Å². The van der Waals surface area contributed by atoms with Crippen molar-refractivity contribution in [3.05, 3.63) is 20.8 Å². The maximum absolute atomic E-state index is 11.4. The number of hydrogen-bond donors (Lipinski definition) is 2. The summed E-state index contributed by atoms with van der Waals surface area (Å²) < 4.78 is 1.06. The molecule has 1 heterocycles. The maximum Gasteiger partial charge on any atom is 0.239 e. The van der Waals surface area contributed by atoms with Crippen LogP contribution in [-0.2, 0) is 11.3 Å². The summed E-state index contributed by atoms with van der Waals surface area (Å²) in [6.45, 7) is 3.91. The molecular weight excluding hydrogens is 300 g/mol. The molecule has 0 unspecified atom stereocenters. The van der Waals surface area contributed by atoms with Crippen LogP contribution in [0.3, 0.4) is 0 Å². The topological polar surface area (TPSA) is 55.1 Å². The van der Waals surface area contributed by atoms with Gasteiger partial charge in [-0.15, -0.1) is 23.7 Å². The average Bonchev–Trinajstić information content (AvgIpc) is 2.45. The van der Waals surface area contributed by atoms with Crippen molar-refractivity contribution in [1.82, 2.24) is 5.32 Å². The van der Waals surface area contributed by atoms with E-state index in [1.54, 1.807) is 25.2 Å². The highest BCUT2D eigenvalue weighted by Gasteiger charge is 2.21. The van der Waals surface area contributed by atoms with Gasteiger partial charge >= 0.3 is 0 Å². The lowest BCUT2D eigenvalue weighted by Crippen LogP contribution is -2.48. The molecule has 0 atom stereocenters. The Morgan fingerprint density at radius 2 is 2.20 bits per heavy atom. The first-order chi connectivity index (χ1) is 6.39. The molecule has 1 rings (SSSR count). The third kappa shape index (κ3) is 4.97. The SMILES string of the molecule is CC(C)(N)C(=O)NCc1ccc(Br)s1.Cl. The fourth-order valence-electron chi connectivity index (χ4n) is 0.842. The third-order valence-electron chi connectivity index (χ3n) is 1.64. The molecule has 6 heteroatoms. The van der Waals surface area contributed by atoms with Gasteiger partial charge < -0.3 is 11.1 Å². The Balaban J connectivity index is 0.00000196. The lowest BCUT2D eigenvalue weighted by atomic mass is 10.1. The zero-order chi connectivity index (χ0) is 10.8. The molecule has 0 spiro atoms. The van der Waals surface area contributed by atoms with Gasteiger partial charge in [0.2, 0.25) is 5.91 Å². The highest BCUT2D eigenvalue weighted by atomic mass is 79.9. The van der Waals surface area contributed by atoms with E-state index in [-0.39, 0.29) is 18.3 Å². The van der Waals surface area contributed by atoms with Gasteiger partial charge in [0.1, 0.15) is 0 Å². The van der Waals surface area contributed by atoms with Crippen molar-refractivity contribution >= 4 is 45.6 Å². The summed E-state index contributed by atoms with van der Waals surface area (Å²) in [6.07, 6.45) is 0. The Morgan fingerprint density at radius 1 is 1.60 bits per heavy atom. The highest BCUT2D eigenvalue weighted by molar-refractivity contribution is 9.11. The smallest absolute Gasteiger partial charge is 0.239 e. The number of nitrogens with two attached hydrogens (primary N) is 1. The van der Waals surface area contributed by atoms with Gasteiger partial charge in [-0.25, -0.2) is 0 Å². The molecule has 3 N–H and O–H groups in total. The molecule has 0 fully saturated rings. The van der Waals surface area contributed by atoms with Gasteiger partial charge in [0, 0.05) is 4.88 Å². The highest BCUT2D eigenvalue weighted by Crippen LogP contribution is 2.21. The van der Waals surface area contributed by atoms with Crippen molar-refractivity contribution in [2.75, 3.05) is 0 Å². The number of carbonyl (C=O) groups is 1. The third-order valence-corrected chi connectivity index (χ3v) is 3.26. The fraction of sp³-hybridized carbons (Fsp3) is 0.444. The van der Waals surface area contributed by atoms with E-state index in [1.165, 1.54) is 0 Å². The van der Waals surface area contributed by atoms with E-state index in [0.29, 0.717) is 6.54 Å². The van der Waals surface area contributed by atoms with Crippen LogP contribution in [0.15, 0.2) is 15.9 Å². The number of halogens is 2. The summed E-state index contributed by atoms with van der Waals surface area (Å²) >= 11 is 4.96. The van der Waals surface area contributed by atoms with Crippen molar-refractivity contribution in [3.63, 3.8) is 0 Å². The molecule has 0 aliphatic heterocycles. The first-order valence-corrected chi connectivity index (χ1v) is 5.82. The first-order valence-electron chi connectivity index (χ1n) is 4.21. The summed E-state index contributed by atoms with van der Waals surface area (Å²) in [5.41, 5.74) is 4.82. The zero-order valence-corrected chi connectivity index (χ0v) is 11.8. The fourth-order valence-corrected chi connectivity index (χ4v) is 2.26. The summed E-state index contributed by atoms with van der Waals surface area (Å²) in [5, 5.41) is 2.78. The van der Waals surface area contributed by atoms with Crippen LogP contribution in [0.4, 0.5) is 0 Å². The van der Waals surface area contributed by atoms with Gasteiger partial charge in [0.25, 0.3) is 0 Å². The van der Waals surface area contributed by atoms with E-state index in [2.05, 4.69) is 21.2 Å². The molecule has 3 nitrogen and oxygen atoms in total. The quantitative estimate of drug-likeness (QED) is 0.899. The number of amides is 1. The molecule has 1 aromatic rings. The van der Waals surface area contributed by atoms with Crippen LogP contribution < -0.4 is 11.1 Å². The molecule has 15 heavy (non-hydrogen) atoms. The number of thiophene rings is 1. The molecule has 1 aromatic heterocycles. The molecule has 0 saturated carbocycles. The summed E-state index contributed by atoms with van der Waals surface area (Å²) in [5.74, 6) is -0.137.